The first kappa shape index (κ1) is 26.7. The smallest absolute Gasteiger partial charge is 0.251 e. The number of aliphatic imine (C=N–C) groups is 1. The SMILES string of the molecule is CCCC(c1cccc(C(=O)N[C@@H]2c3ccccc3OC[C@]2(C)O)c1)N1C(=O)CC(CC)(CC)N=C1N. The minimum atomic E-state index is -1.28. The maximum atomic E-state index is 13.4. The van der Waals surface area contributed by atoms with Gasteiger partial charge in [-0.15, -0.1) is 0 Å². The van der Waals surface area contributed by atoms with Crippen molar-refractivity contribution in [1.82, 2.24) is 10.2 Å². The summed E-state index contributed by atoms with van der Waals surface area (Å²) < 4.78 is 5.69. The number of rotatable bonds is 8. The molecule has 0 fully saturated rings. The third-order valence-electron chi connectivity index (χ3n) is 7.72. The normalized spacial score (nSPS) is 23.5. The van der Waals surface area contributed by atoms with Crippen molar-refractivity contribution < 1.29 is 19.4 Å². The third-order valence-corrected chi connectivity index (χ3v) is 7.72. The van der Waals surface area contributed by atoms with Crippen LogP contribution in [0.1, 0.15) is 93.4 Å². The van der Waals surface area contributed by atoms with E-state index >= 15 is 0 Å². The van der Waals surface area contributed by atoms with Crippen LogP contribution in [0, 0.1) is 0 Å². The number of carbonyl (C=O) groups is 2. The van der Waals surface area contributed by atoms with Gasteiger partial charge in [-0.2, -0.15) is 0 Å². The highest BCUT2D eigenvalue weighted by Crippen LogP contribution is 2.38. The number of hydrogen-bond acceptors (Lipinski definition) is 6. The van der Waals surface area contributed by atoms with E-state index in [0.717, 1.165) is 30.4 Å². The van der Waals surface area contributed by atoms with Crippen LogP contribution in [0.15, 0.2) is 53.5 Å². The monoisotopic (exact) mass is 506 g/mol. The Kier molecular flexibility index (Phi) is 7.59. The summed E-state index contributed by atoms with van der Waals surface area (Å²) in [5, 5.41) is 14.0. The van der Waals surface area contributed by atoms with Crippen LogP contribution in [-0.4, -0.2) is 45.5 Å². The number of nitrogens with zero attached hydrogens (tertiary/aromatic N) is 2. The van der Waals surface area contributed by atoms with Gasteiger partial charge in [0.2, 0.25) is 5.91 Å². The van der Waals surface area contributed by atoms with Crippen LogP contribution in [0.3, 0.4) is 0 Å². The number of carbonyl (C=O) groups excluding carboxylic acids is 2. The zero-order valence-electron chi connectivity index (χ0n) is 22.2. The Morgan fingerprint density at radius 3 is 2.62 bits per heavy atom. The van der Waals surface area contributed by atoms with Gasteiger partial charge >= 0.3 is 0 Å². The van der Waals surface area contributed by atoms with Crippen LogP contribution in [0.25, 0.3) is 0 Å². The number of aliphatic hydroxyl groups is 1. The molecule has 0 spiro atoms. The third kappa shape index (κ3) is 5.21. The lowest BCUT2D eigenvalue weighted by molar-refractivity contribution is -0.131. The summed E-state index contributed by atoms with van der Waals surface area (Å²) in [5.74, 6) is 0.522. The molecule has 0 saturated carbocycles. The van der Waals surface area contributed by atoms with Gasteiger partial charge in [0.05, 0.1) is 24.0 Å². The Bertz CT molecular complexity index is 1190. The van der Waals surface area contributed by atoms with Crippen LogP contribution in [0.4, 0.5) is 0 Å². The number of para-hydroxylation sites is 1. The minimum Gasteiger partial charge on any atom is -0.490 e. The van der Waals surface area contributed by atoms with Crippen LogP contribution in [0.2, 0.25) is 0 Å². The van der Waals surface area contributed by atoms with Crippen LogP contribution < -0.4 is 15.8 Å². The molecule has 2 aromatic carbocycles. The molecule has 0 radical (unpaired) electrons. The predicted molar refractivity (Wildman–Crippen MR) is 143 cm³/mol. The largest absolute Gasteiger partial charge is 0.490 e. The van der Waals surface area contributed by atoms with Gasteiger partial charge in [0.25, 0.3) is 5.91 Å². The van der Waals surface area contributed by atoms with Crippen LogP contribution in [-0.2, 0) is 4.79 Å². The van der Waals surface area contributed by atoms with Crippen molar-refractivity contribution in [3.63, 3.8) is 0 Å². The lowest BCUT2D eigenvalue weighted by Crippen LogP contribution is -2.52. The lowest BCUT2D eigenvalue weighted by atomic mass is 9.87. The molecule has 198 valence electrons. The van der Waals surface area contributed by atoms with Crippen molar-refractivity contribution in [3.05, 3.63) is 65.2 Å². The van der Waals surface area contributed by atoms with Crippen molar-refractivity contribution in [2.45, 2.75) is 83.0 Å². The van der Waals surface area contributed by atoms with Gasteiger partial charge in [-0.3, -0.25) is 14.5 Å². The first-order valence-electron chi connectivity index (χ1n) is 13.2. The average Bonchev–Trinajstić information content (AvgIpc) is 2.89. The number of benzene rings is 2. The van der Waals surface area contributed by atoms with Crippen molar-refractivity contribution >= 4 is 17.8 Å². The molecule has 2 heterocycles. The summed E-state index contributed by atoms with van der Waals surface area (Å²) in [6, 6.07) is 13.7. The fourth-order valence-electron chi connectivity index (χ4n) is 5.37. The maximum Gasteiger partial charge on any atom is 0.251 e. The van der Waals surface area contributed by atoms with Crippen LogP contribution in [0.5, 0.6) is 5.75 Å². The summed E-state index contributed by atoms with van der Waals surface area (Å²) in [6.07, 6.45) is 3.32. The summed E-state index contributed by atoms with van der Waals surface area (Å²) in [4.78, 5) is 33.1. The average molecular weight is 507 g/mol. The van der Waals surface area contributed by atoms with Gasteiger partial charge < -0.3 is 20.9 Å². The summed E-state index contributed by atoms with van der Waals surface area (Å²) in [7, 11) is 0. The molecule has 8 heteroatoms. The molecule has 4 rings (SSSR count). The highest BCUT2D eigenvalue weighted by Gasteiger charge is 2.42. The van der Waals surface area contributed by atoms with Crippen molar-refractivity contribution in [2.75, 3.05) is 6.61 Å². The van der Waals surface area contributed by atoms with E-state index in [1.54, 1.807) is 24.0 Å². The molecule has 4 N–H and O–H groups in total. The van der Waals surface area contributed by atoms with Crippen molar-refractivity contribution in [2.24, 2.45) is 10.7 Å². The van der Waals surface area contributed by atoms with E-state index in [2.05, 4.69) is 12.2 Å². The Hall–Kier alpha value is -3.39. The molecule has 2 aromatic rings. The summed E-state index contributed by atoms with van der Waals surface area (Å²) in [5.41, 5.74) is 6.66. The number of ether oxygens (including phenoxy) is 1. The number of nitrogens with two attached hydrogens (primary N) is 1. The second-order valence-corrected chi connectivity index (χ2v) is 10.4. The quantitative estimate of drug-likeness (QED) is 0.495. The highest BCUT2D eigenvalue weighted by atomic mass is 16.5. The van der Waals surface area contributed by atoms with E-state index in [9.17, 15) is 14.7 Å². The fourth-order valence-corrected chi connectivity index (χ4v) is 5.37. The molecule has 2 amide bonds. The van der Waals surface area contributed by atoms with E-state index in [1.165, 1.54) is 0 Å². The molecule has 0 bridgehead atoms. The predicted octanol–water partition coefficient (Wildman–Crippen LogP) is 4.25. The topological polar surface area (TPSA) is 117 Å². The maximum absolute atomic E-state index is 13.4. The van der Waals surface area contributed by atoms with Crippen molar-refractivity contribution in [1.29, 1.82) is 0 Å². The van der Waals surface area contributed by atoms with E-state index in [0.29, 0.717) is 24.2 Å². The highest BCUT2D eigenvalue weighted by molar-refractivity contribution is 6.00. The Morgan fingerprint density at radius 2 is 1.95 bits per heavy atom. The Balaban J connectivity index is 1.63. The first-order chi connectivity index (χ1) is 17.6. The molecule has 0 saturated heterocycles. The second-order valence-electron chi connectivity index (χ2n) is 10.4. The van der Waals surface area contributed by atoms with Crippen molar-refractivity contribution in [3.8, 4) is 5.75 Å². The summed E-state index contributed by atoms with van der Waals surface area (Å²) in [6.45, 7) is 7.84. The van der Waals surface area contributed by atoms with Gasteiger partial charge in [-0.05, 0) is 49.9 Å². The molecule has 2 aliphatic rings. The van der Waals surface area contributed by atoms with Gasteiger partial charge in [0.1, 0.15) is 18.0 Å². The van der Waals surface area contributed by atoms with E-state index in [4.69, 9.17) is 15.5 Å². The van der Waals surface area contributed by atoms with Gasteiger partial charge in [-0.1, -0.05) is 57.5 Å². The van der Waals surface area contributed by atoms with E-state index in [1.807, 2.05) is 50.2 Å². The lowest BCUT2D eigenvalue weighted by Gasteiger charge is -2.40. The minimum absolute atomic E-state index is 0.0423. The van der Waals surface area contributed by atoms with Gasteiger partial charge in [-0.25, -0.2) is 4.99 Å². The molecule has 3 atom stereocenters. The Morgan fingerprint density at radius 1 is 1.22 bits per heavy atom. The Labute approximate surface area is 218 Å². The molecule has 37 heavy (non-hydrogen) atoms. The number of fused-ring (bicyclic) bond motifs is 1. The molecular weight excluding hydrogens is 468 g/mol. The zero-order valence-corrected chi connectivity index (χ0v) is 22.2. The second kappa shape index (κ2) is 10.5. The molecule has 0 aromatic heterocycles. The number of amides is 2. The standard InChI is InChI=1S/C29H38N4O4/c1-5-11-22(33-24(34)17-29(6-2,7-3)32-27(33)30)19-12-10-13-20(16-19)26(35)31-25-21-14-8-9-15-23(21)37-18-28(25,4)36/h8-10,12-16,22,25,36H,5-7,11,17-18H2,1-4H3,(H2,30,32)(H,31,35)/t22?,25-,28+/m1/s1. The van der Waals surface area contributed by atoms with Gasteiger partial charge in [0.15, 0.2) is 5.96 Å². The molecule has 2 aliphatic heterocycles. The first-order valence-corrected chi connectivity index (χ1v) is 13.2. The molecule has 0 aliphatic carbocycles. The number of guanidine groups is 1. The van der Waals surface area contributed by atoms with Crippen LogP contribution >= 0.6 is 0 Å². The molecular formula is C29H38N4O4. The fraction of sp³-hybridized carbons (Fsp3) is 0.483. The number of hydrogen-bond donors (Lipinski definition) is 3. The summed E-state index contributed by atoms with van der Waals surface area (Å²) >= 11 is 0. The number of nitrogens with one attached hydrogen (secondary N) is 1. The zero-order chi connectivity index (χ0) is 26.8. The van der Waals surface area contributed by atoms with Gasteiger partial charge in [0, 0.05) is 11.1 Å². The van der Waals surface area contributed by atoms with E-state index in [-0.39, 0.29) is 30.4 Å². The molecule has 8 nitrogen and oxygen atoms in total. The van der Waals surface area contributed by atoms with E-state index < -0.39 is 17.2 Å². The molecule has 1 unspecified atom stereocenters.